The fraction of sp³-hybridized carbons (Fsp3) is 0. The van der Waals surface area contributed by atoms with E-state index in [1.807, 2.05) is 0 Å². The number of nitrogens with two attached hydrogens (primary N) is 1. The van der Waals surface area contributed by atoms with E-state index in [0.29, 0.717) is 23.2 Å². The molecule has 2 heterocycles. The van der Waals surface area contributed by atoms with Crippen LogP contribution in [0.1, 0.15) is 21.5 Å². The highest BCUT2D eigenvalue weighted by Crippen LogP contribution is 2.24. The normalized spacial score (nSPS) is 14.4. The van der Waals surface area contributed by atoms with Crippen LogP contribution in [-0.2, 0) is 14.4 Å². The number of aromatic amines is 1. The Bertz CT molecular complexity index is 2110. The number of nitrogens with one attached hydrogen (secondary N) is 3. The Kier molecular flexibility index (Phi) is 8.76. The van der Waals surface area contributed by atoms with Gasteiger partial charge in [0.1, 0.15) is 5.57 Å². The number of amides is 6. The molecule has 46 heavy (non-hydrogen) atoms. The molecule has 5 rings (SSSR count). The Morgan fingerprint density at radius 1 is 0.848 bits per heavy atom. The van der Waals surface area contributed by atoms with Crippen LogP contribution in [0, 0.1) is 0 Å². The van der Waals surface area contributed by atoms with Crippen molar-refractivity contribution in [3.63, 3.8) is 0 Å². The lowest BCUT2D eigenvalue weighted by Crippen LogP contribution is -2.54. The van der Waals surface area contributed by atoms with Gasteiger partial charge in [0.05, 0.1) is 16.9 Å². The lowest BCUT2D eigenvalue weighted by Gasteiger charge is -2.26. The average Bonchev–Trinajstić information content (AvgIpc) is 3.04. The predicted octanol–water partition coefficient (Wildman–Crippen LogP) is 2.50. The molecular formula is C33H24N6O7. The number of carbonyl (C=O) groups excluding carboxylic acids is 5. The molecule has 0 bridgehead atoms. The summed E-state index contributed by atoms with van der Waals surface area (Å²) < 4.78 is 0.857. The van der Waals surface area contributed by atoms with Crippen LogP contribution >= 0.6 is 0 Å². The third kappa shape index (κ3) is 6.38. The molecule has 0 saturated carbocycles. The number of nitrogens with zero attached hydrogens (tertiary/aromatic N) is 2. The molecule has 1 fully saturated rings. The largest absolute Gasteiger partial charge is 0.366 e. The molecule has 4 aromatic rings. The molecule has 0 unspecified atom stereocenters. The Balaban J connectivity index is 1.54. The second kappa shape index (κ2) is 13.2. The zero-order chi connectivity index (χ0) is 32.8. The summed E-state index contributed by atoms with van der Waals surface area (Å²) in [5.41, 5.74) is 5.46. The van der Waals surface area contributed by atoms with Crippen molar-refractivity contribution >= 4 is 53.2 Å². The van der Waals surface area contributed by atoms with E-state index in [2.05, 4.69) is 15.6 Å². The third-order valence-corrected chi connectivity index (χ3v) is 6.80. The van der Waals surface area contributed by atoms with Crippen LogP contribution in [0.3, 0.4) is 0 Å². The Hall–Kier alpha value is -6.89. The smallest absolute Gasteiger partial charge is 0.335 e. The van der Waals surface area contributed by atoms with Gasteiger partial charge in [0.15, 0.2) is 0 Å². The van der Waals surface area contributed by atoms with Crippen LogP contribution in [0.2, 0.25) is 0 Å². The summed E-state index contributed by atoms with van der Waals surface area (Å²) in [7, 11) is 0. The second-order valence-corrected chi connectivity index (χ2v) is 9.72. The Morgan fingerprint density at radius 3 is 2.30 bits per heavy atom. The number of benzene rings is 3. The van der Waals surface area contributed by atoms with E-state index in [9.17, 15) is 33.6 Å². The van der Waals surface area contributed by atoms with Crippen molar-refractivity contribution in [1.29, 1.82) is 0 Å². The van der Waals surface area contributed by atoms with Crippen molar-refractivity contribution in [3.8, 4) is 5.69 Å². The van der Waals surface area contributed by atoms with E-state index in [0.717, 1.165) is 9.47 Å². The molecule has 0 spiro atoms. The van der Waals surface area contributed by atoms with Crippen LogP contribution in [0.5, 0.6) is 0 Å². The van der Waals surface area contributed by atoms with E-state index in [4.69, 9.17) is 5.73 Å². The van der Waals surface area contributed by atoms with Crippen LogP contribution in [0.25, 0.3) is 17.3 Å². The summed E-state index contributed by atoms with van der Waals surface area (Å²) in [5.74, 6) is -2.54. The molecule has 6 amide bonds. The van der Waals surface area contributed by atoms with Gasteiger partial charge in [-0.15, -0.1) is 0 Å². The van der Waals surface area contributed by atoms with Crippen molar-refractivity contribution in [1.82, 2.24) is 14.9 Å². The molecule has 13 heteroatoms. The van der Waals surface area contributed by atoms with Crippen molar-refractivity contribution in [2.45, 2.75) is 0 Å². The number of primary amides is 1. The predicted molar refractivity (Wildman–Crippen MR) is 170 cm³/mol. The first-order valence-electron chi connectivity index (χ1n) is 13.6. The number of carbonyl (C=O) groups is 5. The molecular weight excluding hydrogens is 592 g/mol. The van der Waals surface area contributed by atoms with Gasteiger partial charge in [-0.05, 0) is 59.7 Å². The van der Waals surface area contributed by atoms with Crippen LogP contribution in [-0.4, -0.2) is 39.7 Å². The van der Waals surface area contributed by atoms with Gasteiger partial charge in [0.25, 0.3) is 17.4 Å². The van der Waals surface area contributed by atoms with E-state index in [1.54, 1.807) is 42.5 Å². The zero-order valence-electron chi connectivity index (χ0n) is 23.8. The topological polar surface area (TPSA) is 194 Å². The van der Waals surface area contributed by atoms with Gasteiger partial charge in [-0.3, -0.25) is 29.3 Å². The molecule has 1 saturated heterocycles. The first-order chi connectivity index (χ1) is 22.2. The minimum Gasteiger partial charge on any atom is -0.366 e. The minimum absolute atomic E-state index is 0.0747. The molecule has 228 valence electrons. The SMILES string of the molecule is NC(=O)c1cccc(-n2c(=O)[nH]cc(C=CC(=CC=C3C(=O)NC(=O)N(c4cccc(NC=O)c4)C3=O)c3ccccc3)c2=O)c1. The van der Waals surface area contributed by atoms with E-state index >= 15 is 0 Å². The van der Waals surface area contributed by atoms with Crippen LogP contribution in [0.4, 0.5) is 16.2 Å². The minimum atomic E-state index is -0.960. The fourth-order valence-electron chi connectivity index (χ4n) is 4.59. The second-order valence-electron chi connectivity index (χ2n) is 9.72. The molecule has 13 nitrogen and oxygen atoms in total. The zero-order valence-corrected chi connectivity index (χ0v) is 23.8. The number of allylic oxidation sites excluding steroid dienone is 4. The van der Waals surface area contributed by atoms with Crippen molar-refractivity contribution in [2.24, 2.45) is 5.73 Å². The molecule has 0 aliphatic carbocycles. The third-order valence-electron chi connectivity index (χ3n) is 6.80. The number of hydrogen-bond acceptors (Lipinski definition) is 7. The van der Waals surface area contributed by atoms with Gasteiger partial charge in [0.2, 0.25) is 12.3 Å². The quantitative estimate of drug-likeness (QED) is 0.0960. The summed E-state index contributed by atoms with van der Waals surface area (Å²) in [6.45, 7) is 0. The first-order valence-corrected chi connectivity index (χ1v) is 13.6. The number of hydrogen-bond donors (Lipinski definition) is 4. The first kappa shape index (κ1) is 30.6. The summed E-state index contributed by atoms with van der Waals surface area (Å²) in [6.07, 6.45) is 7.38. The number of rotatable bonds is 9. The van der Waals surface area contributed by atoms with Gasteiger partial charge in [-0.2, -0.15) is 0 Å². The van der Waals surface area contributed by atoms with Gasteiger partial charge in [-0.25, -0.2) is 19.1 Å². The molecule has 1 aromatic heterocycles. The lowest BCUT2D eigenvalue weighted by molar-refractivity contribution is -0.122. The molecule has 5 N–H and O–H groups in total. The highest BCUT2D eigenvalue weighted by molar-refractivity contribution is 6.37. The summed E-state index contributed by atoms with van der Waals surface area (Å²) >= 11 is 0. The summed E-state index contributed by atoms with van der Waals surface area (Å²) in [6, 6.07) is 19.6. The fourth-order valence-corrected chi connectivity index (χ4v) is 4.59. The monoisotopic (exact) mass is 616 g/mol. The van der Waals surface area contributed by atoms with Crippen molar-refractivity contribution in [3.05, 3.63) is 146 Å². The number of H-pyrrole nitrogens is 1. The Morgan fingerprint density at radius 2 is 1.57 bits per heavy atom. The van der Waals surface area contributed by atoms with E-state index in [1.165, 1.54) is 66.9 Å². The van der Waals surface area contributed by atoms with Gasteiger partial charge < -0.3 is 16.0 Å². The number of imide groups is 2. The highest BCUT2D eigenvalue weighted by atomic mass is 16.2. The standard InChI is InChI=1S/C33H24N6O7/c34-28(41)22-8-4-10-25(16-22)38-30(43)23(18-35-32(38)45)13-12-21(20-6-2-1-3-7-20)14-15-27-29(42)37-33(46)39(31(27)44)26-11-5-9-24(17-26)36-19-40/h1-19H,(H2,34,41)(H,35,45)(H,36,40)(H,37,42,46). The number of anilines is 2. The van der Waals surface area contributed by atoms with Crippen molar-refractivity contribution < 1.29 is 24.0 Å². The average molecular weight is 617 g/mol. The Labute approximate surface area is 260 Å². The van der Waals surface area contributed by atoms with Gasteiger partial charge in [0, 0.05) is 17.4 Å². The van der Waals surface area contributed by atoms with Crippen molar-refractivity contribution in [2.75, 3.05) is 10.2 Å². The highest BCUT2D eigenvalue weighted by Gasteiger charge is 2.36. The van der Waals surface area contributed by atoms with Crippen LogP contribution < -0.4 is 32.5 Å². The maximum atomic E-state index is 13.4. The van der Waals surface area contributed by atoms with Gasteiger partial charge in [-0.1, -0.05) is 54.6 Å². The maximum Gasteiger partial charge on any atom is 0.335 e. The lowest BCUT2D eigenvalue weighted by atomic mass is 10.0. The number of barbiturate groups is 1. The molecule has 0 atom stereocenters. The molecule has 0 radical (unpaired) electrons. The van der Waals surface area contributed by atoms with Gasteiger partial charge >= 0.3 is 11.7 Å². The van der Waals surface area contributed by atoms with E-state index < -0.39 is 35.0 Å². The molecule has 1 aliphatic rings. The summed E-state index contributed by atoms with van der Waals surface area (Å²) in [5, 5.41) is 4.58. The van der Waals surface area contributed by atoms with E-state index in [-0.39, 0.29) is 28.1 Å². The number of aromatic nitrogens is 2. The number of urea groups is 1. The molecule has 1 aliphatic heterocycles. The maximum absolute atomic E-state index is 13.4. The molecule has 3 aromatic carbocycles. The van der Waals surface area contributed by atoms with Crippen LogP contribution in [0.15, 0.2) is 118 Å². The summed E-state index contributed by atoms with van der Waals surface area (Å²) in [4.78, 5) is 90.5.